The molecule has 2 atom stereocenters. The van der Waals surface area contributed by atoms with Crippen molar-refractivity contribution < 1.29 is 14.2 Å². The normalized spacial score (nSPS) is 20.4. The van der Waals surface area contributed by atoms with E-state index in [9.17, 15) is 9.50 Å². The van der Waals surface area contributed by atoms with E-state index < -0.39 is 6.10 Å². The lowest BCUT2D eigenvalue weighted by Gasteiger charge is -2.28. The van der Waals surface area contributed by atoms with Gasteiger partial charge in [-0.05, 0) is 18.6 Å². The molecular formula is C18H16FN5O2S. The summed E-state index contributed by atoms with van der Waals surface area (Å²) in [6.07, 6.45) is 3.45. The molecule has 5 rings (SSSR count). The van der Waals surface area contributed by atoms with Gasteiger partial charge < -0.3 is 15.2 Å². The van der Waals surface area contributed by atoms with Crippen LogP contribution in [0.25, 0.3) is 26.9 Å². The van der Waals surface area contributed by atoms with E-state index in [2.05, 4.69) is 20.5 Å². The molecule has 0 spiro atoms. The van der Waals surface area contributed by atoms with Crippen molar-refractivity contribution in [3.63, 3.8) is 0 Å². The molecule has 7 nitrogen and oxygen atoms in total. The monoisotopic (exact) mass is 385 g/mol. The fourth-order valence-electron chi connectivity index (χ4n) is 3.34. The molecule has 0 bridgehead atoms. The van der Waals surface area contributed by atoms with Gasteiger partial charge in [-0.2, -0.15) is 0 Å². The molecule has 1 aromatic carbocycles. The lowest BCUT2D eigenvalue weighted by molar-refractivity contribution is -0.0136. The number of rotatable bonds is 3. The number of nitrogens with one attached hydrogen (secondary N) is 1. The van der Waals surface area contributed by atoms with Crippen LogP contribution in [0, 0.1) is 5.82 Å². The first-order chi connectivity index (χ1) is 13.2. The van der Waals surface area contributed by atoms with Crippen LogP contribution in [0.4, 0.5) is 10.3 Å². The predicted molar refractivity (Wildman–Crippen MR) is 100 cm³/mol. The molecule has 1 fully saturated rings. The van der Waals surface area contributed by atoms with E-state index in [1.165, 1.54) is 16.7 Å². The number of fused-ring (bicyclic) bond motifs is 2. The Morgan fingerprint density at radius 3 is 3.15 bits per heavy atom. The lowest BCUT2D eigenvalue weighted by atomic mass is 10.1. The van der Waals surface area contributed by atoms with Crippen LogP contribution in [-0.4, -0.2) is 50.0 Å². The molecule has 138 valence electrons. The number of imidazole rings is 1. The predicted octanol–water partition coefficient (Wildman–Crippen LogP) is 2.71. The van der Waals surface area contributed by atoms with Crippen LogP contribution in [0.15, 0.2) is 36.1 Å². The van der Waals surface area contributed by atoms with Gasteiger partial charge in [0.25, 0.3) is 0 Å². The smallest absolute Gasteiger partial charge is 0.229 e. The third-order valence-electron chi connectivity index (χ3n) is 4.80. The standard InChI is InChI=1S/C18H16FN5O2S/c19-12-8-27-16-5-10(1-2-11(12)16)17-14-6-20-9-24(14)18(23-22-17)21-13-3-4-26-7-15(13)25/h1-2,5-6,8-9,13,15,25H,3-4,7H2,(H,21,23)/t13-,15-/m1/s1. The molecule has 3 aromatic heterocycles. The number of thiophene rings is 1. The Morgan fingerprint density at radius 1 is 1.33 bits per heavy atom. The molecule has 0 amide bonds. The van der Waals surface area contributed by atoms with Crippen LogP contribution in [0.3, 0.4) is 0 Å². The Labute approximate surface area is 157 Å². The van der Waals surface area contributed by atoms with Gasteiger partial charge in [0.15, 0.2) is 0 Å². The van der Waals surface area contributed by atoms with E-state index in [0.29, 0.717) is 36.7 Å². The van der Waals surface area contributed by atoms with Crippen molar-refractivity contribution in [1.29, 1.82) is 0 Å². The van der Waals surface area contributed by atoms with Crippen molar-refractivity contribution in [2.24, 2.45) is 0 Å². The van der Waals surface area contributed by atoms with Crippen LogP contribution in [-0.2, 0) is 4.74 Å². The van der Waals surface area contributed by atoms with Gasteiger partial charge in [-0.1, -0.05) is 6.07 Å². The number of hydrogen-bond donors (Lipinski definition) is 2. The minimum atomic E-state index is -0.602. The summed E-state index contributed by atoms with van der Waals surface area (Å²) in [5, 5.41) is 24.1. The van der Waals surface area contributed by atoms with Gasteiger partial charge in [0.1, 0.15) is 17.8 Å². The van der Waals surface area contributed by atoms with Gasteiger partial charge in [-0.25, -0.2) is 9.37 Å². The molecule has 4 aromatic rings. The zero-order valence-corrected chi connectivity index (χ0v) is 15.0. The first-order valence-electron chi connectivity index (χ1n) is 8.59. The molecule has 0 unspecified atom stereocenters. The lowest BCUT2D eigenvalue weighted by Crippen LogP contribution is -2.42. The largest absolute Gasteiger partial charge is 0.389 e. The molecule has 4 heterocycles. The highest BCUT2D eigenvalue weighted by Gasteiger charge is 2.25. The summed E-state index contributed by atoms with van der Waals surface area (Å²) < 4.78 is 21.7. The van der Waals surface area contributed by atoms with Crippen molar-refractivity contribution in [2.45, 2.75) is 18.6 Å². The van der Waals surface area contributed by atoms with Crippen molar-refractivity contribution in [2.75, 3.05) is 18.5 Å². The van der Waals surface area contributed by atoms with Crippen LogP contribution in [0.5, 0.6) is 0 Å². The van der Waals surface area contributed by atoms with Crippen molar-refractivity contribution >= 4 is 32.9 Å². The minimum absolute atomic E-state index is 0.157. The van der Waals surface area contributed by atoms with Gasteiger partial charge >= 0.3 is 0 Å². The van der Waals surface area contributed by atoms with Gasteiger partial charge in [-0.15, -0.1) is 21.5 Å². The highest BCUT2D eigenvalue weighted by molar-refractivity contribution is 7.17. The zero-order chi connectivity index (χ0) is 18.4. The second kappa shape index (κ2) is 6.52. The molecule has 2 N–H and O–H groups in total. The van der Waals surface area contributed by atoms with Crippen molar-refractivity contribution in [1.82, 2.24) is 19.6 Å². The maximum Gasteiger partial charge on any atom is 0.229 e. The van der Waals surface area contributed by atoms with E-state index in [0.717, 1.165) is 15.8 Å². The van der Waals surface area contributed by atoms with E-state index in [1.54, 1.807) is 18.6 Å². The van der Waals surface area contributed by atoms with Crippen LogP contribution in [0.2, 0.25) is 0 Å². The zero-order valence-electron chi connectivity index (χ0n) is 14.2. The Balaban J connectivity index is 1.55. The van der Waals surface area contributed by atoms with Crippen molar-refractivity contribution in [3.8, 4) is 11.3 Å². The number of halogens is 1. The number of hydrogen-bond acceptors (Lipinski definition) is 7. The first kappa shape index (κ1) is 16.5. The van der Waals surface area contributed by atoms with Crippen LogP contribution < -0.4 is 5.32 Å². The maximum absolute atomic E-state index is 13.7. The summed E-state index contributed by atoms with van der Waals surface area (Å²) in [6.45, 7) is 0.887. The molecule has 1 saturated heterocycles. The van der Waals surface area contributed by atoms with Crippen molar-refractivity contribution in [3.05, 3.63) is 41.9 Å². The summed E-state index contributed by atoms with van der Waals surface area (Å²) in [7, 11) is 0. The first-order valence-corrected chi connectivity index (χ1v) is 9.47. The topological polar surface area (TPSA) is 84.6 Å². The summed E-state index contributed by atoms with van der Waals surface area (Å²) >= 11 is 1.36. The maximum atomic E-state index is 13.7. The quantitative estimate of drug-likeness (QED) is 0.564. The fourth-order valence-corrected chi connectivity index (χ4v) is 4.18. The fraction of sp³-hybridized carbons (Fsp3) is 0.278. The molecule has 9 heteroatoms. The number of ether oxygens (including phenoxy) is 1. The average molecular weight is 385 g/mol. The van der Waals surface area contributed by atoms with Crippen LogP contribution >= 0.6 is 11.3 Å². The molecule has 0 saturated carbocycles. The Bertz CT molecular complexity index is 1130. The van der Waals surface area contributed by atoms with Gasteiger partial charge in [0.2, 0.25) is 5.95 Å². The Kier molecular flexibility index (Phi) is 4.00. The van der Waals surface area contributed by atoms with Crippen LogP contribution in [0.1, 0.15) is 6.42 Å². The second-order valence-electron chi connectivity index (χ2n) is 6.50. The number of aliphatic hydroxyl groups excluding tert-OH is 1. The third-order valence-corrected chi connectivity index (χ3v) is 5.71. The SMILES string of the molecule is O[C@@H]1COCC[C@H]1Nc1nnc(-c2ccc3c(F)csc3c2)c2cncn12. The number of aliphatic hydroxyl groups is 1. The number of anilines is 1. The molecule has 27 heavy (non-hydrogen) atoms. The van der Waals surface area contributed by atoms with Gasteiger partial charge in [0, 0.05) is 27.6 Å². The molecular weight excluding hydrogens is 369 g/mol. The van der Waals surface area contributed by atoms with E-state index >= 15 is 0 Å². The number of aromatic nitrogens is 4. The Morgan fingerprint density at radius 2 is 2.26 bits per heavy atom. The molecule has 0 radical (unpaired) electrons. The summed E-state index contributed by atoms with van der Waals surface area (Å²) in [4.78, 5) is 4.23. The highest BCUT2D eigenvalue weighted by Crippen LogP contribution is 2.31. The van der Waals surface area contributed by atoms with E-state index in [1.807, 2.05) is 16.5 Å². The van der Waals surface area contributed by atoms with E-state index in [4.69, 9.17) is 4.74 Å². The Hall–Kier alpha value is -2.62. The average Bonchev–Trinajstić information content (AvgIpc) is 3.31. The number of nitrogens with zero attached hydrogens (tertiary/aromatic N) is 4. The van der Waals surface area contributed by atoms with E-state index in [-0.39, 0.29) is 11.9 Å². The second-order valence-corrected chi connectivity index (χ2v) is 7.41. The summed E-state index contributed by atoms with van der Waals surface area (Å²) in [5.74, 6) is 0.303. The number of benzene rings is 1. The third kappa shape index (κ3) is 2.84. The minimum Gasteiger partial charge on any atom is -0.389 e. The molecule has 0 aliphatic carbocycles. The summed E-state index contributed by atoms with van der Waals surface area (Å²) in [5.41, 5.74) is 2.30. The van der Waals surface area contributed by atoms with Gasteiger partial charge in [0.05, 0.1) is 30.5 Å². The molecule has 1 aliphatic rings. The highest BCUT2D eigenvalue weighted by atomic mass is 32.1. The van der Waals surface area contributed by atoms with Gasteiger partial charge in [-0.3, -0.25) is 4.40 Å². The summed E-state index contributed by atoms with van der Waals surface area (Å²) in [6, 6.07) is 5.35. The molecule has 1 aliphatic heterocycles.